The standard InChI is InChI=1S/C20H22FN3O3S2/c1-14-12-20(25)22-18-13-17(6-7-19(18)28-14)29(26,27)24-10-8-23(9-11-24)16-4-2-15(21)3-5-16/h2-7,13-14H,8-12H2,1H3,(H,22,25). The summed E-state index contributed by atoms with van der Waals surface area (Å²) in [6.07, 6.45) is 0.396. The van der Waals surface area contributed by atoms with Crippen LogP contribution in [-0.4, -0.2) is 50.1 Å². The second-order valence-corrected chi connectivity index (χ2v) is 10.6. The largest absolute Gasteiger partial charge is 0.369 e. The van der Waals surface area contributed by atoms with Gasteiger partial charge >= 0.3 is 0 Å². The van der Waals surface area contributed by atoms with Crippen LogP contribution in [0.2, 0.25) is 0 Å². The molecular formula is C20H22FN3O3S2. The smallest absolute Gasteiger partial charge is 0.243 e. The maximum absolute atomic E-state index is 13.1. The first-order valence-corrected chi connectivity index (χ1v) is 11.8. The molecule has 1 unspecified atom stereocenters. The minimum absolute atomic E-state index is 0.105. The van der Waals surface area contributed by atoms with Gasteiger partial charge in [0.1, 0.15) is 5.82 Å². The lowest BCUT2D eigenvalue weighted by Crippen LogP contribution is -2.48. The number of halogens is 1. The highest BCUT2D eigenvalue weighted by molar-refractivity contribution is 8.00. The van der Waals surface area contributed by atoms with Crippen molar-refractivity contribution >= 4 is 39.1 Å². The molecule has 0 aliphatic carbocycles. The lowest BCUT2D eigenvalue weighted by atomic mass is 10.2. The van der Waals surface area contributed by atoms with Gasteiger partial charge in [-0.25, -0.2) is 12.8 Å². The monoisotopic (exact) mass is 435 g/mol. The van der Waals surface area contributed by atoms with Crippen molar-refractivity contribution in [2.75, 3.05) is 36.4 Å². The molecule has 0 aromatic heterocycles. The van der Waals surface area contributed by atoms with E-state index in [0.717, 1.165) is 10.6 Å². The first-order chi connectivity index (χ1) is 13.8. The lowest BCUT2D eigenvalue weighted by Gasteiger charge is -2.35. The normalized spacial score (nSPS) is 20.7. The summed E-state index contributed by atoms with van der Waals surface area (Å²) >= 11 is 1.57. The van der Waals surface area contributed by atoms with Crippen LogP contribution in [0.4, 0.5) is 15.8 Å². The first kappa shape index (κ1) is 20.2. The molecule has 0 spiro atoms. The van der Waals surface area contributed by atoms with E-state index < -0.39 is 10.0 Å². The molecule has 1 amide bonds. The Kier molecular flexibility index (Phi) is 5.54. The number of nitrogens with one attached hydrogen (secondary N) is 1. The van der Waals surface area contributed by atoms with Crippen molar-refractivity contribution in [1.29, 1.82) is 0 Å². The van der Waals surface area contributed by atoms with Crippen molar-refractivity contribution in [1.82, 2.24) is 4.31 Å². The third kappa shape index (κ3) is 4.26. The summed E-state index contributed by atoms with van der Waals surface area (Å²) in [4.78, 5) is 15.1. The Morgan fingerprint density at radius 3 is 2.45 bits per heavy atom. The highest BCUT2D eigenvalue weighted by Gasteiger charge is 2.30. The SMILES string of the molecule is CC1CC(=O)Nc2cc(S(=O)(=O)N3CCN(c4ccc(F)cc4)CC3)ccc2S1. The molecule has 0 saturated carbocycles. The molecule has 1 fully saturated rings. The summed E-state index contributed by atoms with van der Waals surface area (Å²) in [5.41, 5.74) is 1.43. The quantitative estimate of drug-likeness (QED) is 0.802. The number of thioether (sulfide) groups is 1. The number of piperazine rings is 1. The van der Waals surface area contributed by atoms with Gasteiger partial charge in [0.15, 0.2) is 0 Å². The molecule has 29 heavy (non-hydrogen) atoms. The molecule has 2 heterocycles. The van der Waals surface area contributed by atoms with Gasteiger partial charge in [-0.05, 0) is 42.5 Å². The number of fused-ring (bicyclic) bond motifs is 1. The predicted molar refractivity (Wildman–Crippen MR) is 112 cm³/mol. The van der Waals surface area contributed by atoms with Crippen LogP contribution in [0.15, 0.2) is 52.3 Å². The minimum Gasteiger partial charge on any atom is -0.369 e. The molecule has 2 aliphatic heterocycles. The van der Waals surface area contributed by atoms with Gasteiger partial charge in [0.25, 0.3) is 0 Å². The molecule has 2 aromatic carbocycles. The van der Waals surface area contributed by atoms with Crippen LogP contribution < -0.4 is 10.2 Å². The van der Waals surface area contributed by atoms with Crippen LogP contribution in [0.3, 0.4) is 0 Å². The molecule has 0 radical (unpaired) electrons. The molecule has 154 valence electrons. The van der Waals surface area contributed by atoms with Crippen LogP contribution >= 0.6 is 11.8 Å². The van der Waals surface area contributed by atoms with Crippen LogP contribution in [-0.2, 0) is 14.8 Å². The fraction of sp³-hybridized carbons (Fsp3) is 0.350. The molecule has 1 saturated heterocycles. The van der Waals surface area contributed by atoms with Gasteiger partial charge in [-0.15, -0.1) is 11.8 Å². The Labute approximate surface area is 174 Å². The van der Waals surface area contributed by atoms with E-state index in [1.807, 2.05) is 11.8 Å². The zero-order valence-electron chi connectivity index (χ0n) is 16.0. The Bertz CT molecular complexity index is 1020. The van der Waals surface area contributed by atoms with E-state index in [9.17, 15) is 17.6 Å². The van der Waals surface area contributed by atoms with Crippen molar-refractivity contribution in [2.45, 2.75) is 28.4 Å². The molecule has 9 heteroatoms. The molecule has 1 N–H and O–H groups in total. The average molecular weight is 436 g/mol. The van der Waals surface area contributed by atoms with Crippen molar-refractivity contribution < 1.29 is 17.6 Å². The van der Waals surface area contributed by atoms with Gasteiger partial charge in [0.05, 0.1) is 10.6 Å². The third-order valence-corrected chi connectivity index (χ3v) is 8.17. The molecule has 0 bridgehead atoms. The molecule has 1 atom stereocenters. The van der Waals surface area contributed by atoms with Gasteiger partial charge in [-0.1, -0.05) is 6.92 Å². The second-order valence-electron chi connectivity index (χ2n) is 7.21. The van der Waals surface area contributed by atoms with Crippen molar-refractivity contribution in [3.8, 4) is 0 Å². The average Bonchev–Trinajstić information content (AvgIpc) is 2.84. The number of anilines is 2. The van der Waals surface area contributed by atoms with Crippen molar-refractivity contribution in [3.05, 3.63) is 48.3 Å². The zero-order valence-corrected chi connectivity index (χ0v) is 17.6. The van der Waals surface area contributed by atoms with E-state index in [1.165, 1.54) is 16.4 Å². The maximum atomic E-state index is 13.1. The van der Waals surface area contributed by atoms with Gasteiger partial charge in [-0.2, -0.15) is 4.31 Å². The number of hydrogen-bond acceptors (Lipinski definition) is 5. The Morgan fingerprint density at radius 2 is 1.76 bits per heavy atom. The van der Waals surface area contributed by atoms with Crippen molar-refractivity contribution in [3.63, 3.8) is 0 Å². The number of hydrogen-bond donors (Lipinski definition) is 1. The van der Waals surface area contributed by atoms with Gasteiger partial charge in [0.2, 0.25) is 15.9 Å². The second kappa shape index (κ2) is 7.97. The van der Waals surface area contributed by atoms with E-state index in [1.54, 1.807) is 42.1 Å². The summed E-state index contributed by atoms with van der Waals surface area (Å²) in [7, 11) is -3.66. The van der Waals surface area contributed by atoms with E-state index in [0.29, 0.717) is 38.3 Å². The van der Waals surface area contributed by atoms with E-state index in [2.05, 4.69) is 5.32 Å². The molecular weight excluding hydrogens is 413 g/mol. The van der Waals surface area contributed by atoms with Crippen LogP contribution in [0.25, 0.3) is 0 Å². The Balaban J connectivity index is 1.51. The molecule has 2 aliphatic rings. The van der Waals surface area contributed by atoms with Gasteiger partial charge in [-0.3, -0.25) is 4.79 Å². The van der Waals surface area contributed by atoms with Crippen LogP contribution in [0, 0.1) is 5.82 Å². The highest BCUT2D eigenvalue weighted by Crippen LogP contribution is 2.36. The van der Waals surface area contributed by atoms with Gasteiger partial charge < -0.3 is 10.2 Å². The number of carbonyl (C=O) groups is 1. The summed E-state index contributed by atoms with van der Waals surface area (Å²) in [6.45, 7) is 3.72. The summed E-state index contributed by atoms with van der Waals surface area (Å²) in [5.74, 6) is -0.399. The number of benzene rings is 2. The fourth-order valence-corrected chi connectivity index (χ4v) is 6.08. The minimum atomic E-state index is -3.66. The highest BCUT2D eigenvalue weighted by atomic mass is 32.2. The summed E-state index contributed by atoms with van der Waals surface area (Å²) in [5, 5.41) is 2.96. The van der Waals surface area contributed by atoms with E-state index in [4.69, 9.17) is 0 Å². The number of rotatable bonds is 3. The lowest BCUT2D eigenvalue weighted by molar-refractivity contribution is -0.116. The van der Waals surface area contributed by atoms with E-state index in [-0.39, 0.29) is 21.9 Å². The Hall–Kier alpha value is -2.10. The predicted octanol–water partition coefficient (Wildman–Crippen LogP) is 3.16. The van der Waals surface area contributed by atoms with Crippen molar-refractivity contribution in [2.24, 2.45) is 0 Å². The topological polar surface area (TPSA) is 69.7 Å². The Morgan fingerprint density at radius 1 is 1.07 bits per heavy atom. The van der Waals surface area contributed by atoms with Gasteiger partial charge in [0, 0.05) is 48.4 Å². The number of carbonyl (C=O) groups excluding carboxylic acids is 1. The summed E-state index contributed by atoms with van der Waals surface area (Å²) < 4.78 is 40.8. The van der Waals surface area contributed by atoms with Crippen LogP contribution in [0.5, 0.6) is 0 Å². The number of sulfonamides is 1. The molecule has 4 rings (SSSR count). The molecule has 2 aromatic rings. The zero-order chi connectivity index (χ0) is 20.6. The van der Waals surface area contributed by atoms with E-state index >= 15 is 0 Å². The first-order valence-electron chi connectivity index (χ1n) is 9.44. The molecule has 6 nitrogen and oxygen atoms in total. The van der Waals surface area contributed by atoms with Crippen LogP contribution in [0.1, 0.15) is 13.3 Å². The maximum Gasteiger partial charge on any atom is 0.243 e. The fourth-order valence-electron chi connectivity index (χ4n) is 3.58. The summed E-state index contributed by atoms with van der Waals surface area (Å²) in [6, 6.07) is 11.1. The number of nitrogens with zero attached hydrogens (tertiary/aromatic N) is 2. The third-order valence-electron chi connectivity index (χ3n) is 5.09. The number of amides is 1.